The van der Waals surface area contributed by atoms with Crippen molar-refractivity contribution in [2.24, 2.45) is 0 Å². The molecule has 9 heteroatoms. The second-order valence-electron chi connectivity index (χ2n) is 6.01. The van der Waals surface area contributed by atoms with Crippen molar-refractivity contribution in [1.82, 2.24) is 30.0 Å². The number of aryl methyl sites for hydroxylation is 1. The van der Waals surface area contributed by atoms with Crippen LogP contribution < -0.4 is 16.0 Å². The number of rotatable bonds is 8. The summed E-state index contributed by atoms with van der Waals surface area (Å²) in [7, 11) is 0. The number of hydrogen-bond donors (Lipinski definition) is 3. The third kappa shape index (κ3) is 5.24. The van der Waals surface area contributed by atoms with E-state index in [1.54, 1.807) is 42.3 Å². The Morgan fingerprint density at radius 2 is 1.93 bits per heavy atom. The molecule has 1 atom stereocenters. The van der Waals surface area contributed by atoms with Gasteiger partial charge in [0.05, 0.1) is 0 Å². The molecule has 3 aromatic heterocycles. The van der Waals surface area contributed by atoms with Gasteiger partial charge in [0, 0.05) is 37.7 Å². The fourth-order valence-corrected chi connectivity index (χ4v) is 2.41. The highest BCUT2D eigenvalue weighted by Gasteiger charge is 2.13. The molecule has 0 spiro atoms. The first kappa shape index (κ1) is 18.3. The fourth-order valence-electron chi connectivity index (χ4n) is 2.41. The van der Waals surface area contributed by atoms with E-state index in [4.69, 9.17) is 0 Å². The van der Waals surface area contributed by atoms with Gasteiger partial charge < -0.3 is 16.0 Å². The average molecular weight is 366 g/mol. The number of hydrogen-bond acceptors (Lipinski definition) is 7. The van der Waals surface area contributed by atoms with Crippen LogP contribution in [0.5, 0.6) is 0 Å². The van der Waals surface area contributed by atoms with E-state index in [0.717, 1.165) is 11.4 Å². The lowest BCUT2D eigenvalue weighted by Gasteiger charge is -2.13. The molecule has 1 amide bonds. The summed E-state index contributed by atoms with van der Waals surface area (Å²) in [6, 6.07) is 7.10. The molecule has 0 fully saturated rings. The third-order valence-corrected chi connectivity index (χ3v) is 3.87. The molecule has 3 rings (SSSR count). The lowest BCUT2D eigenvalue weighted by molar-refractivity contribution is -0.124. The molecule has 3 aromatic rings. The summed E-state index contributed by atoms with van der Waals surface area (Å²) in [4.78, 5) is 24.7. The SMILES string of the molecule is Cc1ccnc(Nc2cc(NCCNC(=O)C(C)n3cccn3)ncn2)c1. The predicted molar refractivity (Wildman–Crippen MR) is 103 cm³/mol. The largest absolute Gasteiger partial charge is 0.368 e. The van der Waals surface area contributed by atoms with Crippen molar-refractivity contribution in [3.8, 4) is 0 Å². The Hall–Kier alpha value is -3.49. The van der Waals surface area contributed by atoms with Crippen LogP contribution in [0.2, 0.25) is 0 Å². The molecule has 3 heterocycles. The number of carbonyl (C=O) groups excluding carboxylic acids is 1. The summed E-state index contributed by atoms with van der Waals surface area (Å²) >= 11 is 0. The van der Waals surface area contributed by atoms with Gasteiger partial charge in [0.15, 0.2) is 0 Å². The van der Waals surface area contributed by atoms with Gasteiger partial charge in [-0.2, -0.15) is 5.10 Å². The molecule has 9 nitrogen and oxygen atoms in total. The second-order valence-corrected chi connectivity index (χ2v) is 6.01. The number of carbonyl (C=O) groups is 1. The van der Waals surface area contributed by atoms with E-state index in [2.05, 4.69) is 36.0 Å². The van der Waals surface area contributed by atoms with Crippen LogP contribution in [-0.4, -0.2) is 43.7 Å². The number of aromatic nitrogens is 5. The molecular formula is C18H22N8O. The van der Waals surface area contributed by atoms with E-state index in [1.165, 1.54) is 6.33 Å². The Bertz CT molecular complexity index is 881. The van der Waals surface area contributed by atoms with Gasteiger partial charge in [0.25, 0.3) is 0 Å². The molecule has 3 N–H and O–H groups in total. The molecule has 27 heavy (non-hydrogen) atoms. The van der Waals surface area contributed by atoms with Crippen molar-refractivity contribution in [1.29, 1.82) is 0 Å². The highest BCUT2D eigenvalue weighted by atomic mass is 16.2. The summed E-state index contributed by atoms with van der Waals surface area (Å²) in [5, 5.41) is 13.2. The van der Waals surface area contributed by atoms with E-state index >= 15 is 0 Å². The quantitative estimate of drug-likeness (QED) is 0.522. The Balaban J connectivity index is 1.46. The predicted octanol–water partition coefficient (Wildman–Crippen LogP) is 1.91. The monoisotopic (exact) mass is 366 g/mol. The number of pyridine rings is 1. The van der Waals surface area contributed by atoms with Crippen LogP contribution in [0, 0.1) is 6.92 Å². The van der Waals surface area contributed by atoms with E-state index in [1.807, 2.05) is 19.1 Å². The molecule has 0 radical (unpaired) electrons. The Kier molecular flexibility index (Phi) is 5.93. The number of amides is 1. The maximum absolute atomic E-state index is 12.1. The van der Waals surface area contributed by atoms with Crippen LogP contribution in [0.4, 0.5) is 17.5 Å². The van der Waals surface area contributed by atoms with E-state index < -0.39 is 0 Å². The Morgan fingerprint density at radius 3 is 2.70 bits per heavy atom. The zero-order valence-corrected chi connectivity index (χ0v) is 15.3. The molecule has 0 aliphatic heterocycles. The zero-order chi connectivity index (χ0) is 19.1. The highest BCUT2D eigenvalue weighted by Crippen LogP contribution is 2.14. The number of nitrogens with zero attached hydrogens (tertiary/aromatic N) is 5. The maximum Gasteiger partial charge on any atom is 0.244 e. The summed E-state index contributed by atoms with van der Waals surface area (Å²) in [5.74, 6) is 1.94. The van der Waals surface area contributed by atoms with Crippen LogP contribution in [0.25, 0.3) is 0 Å². The van der Waals surface area contributed by atoms with Crippen molar-refractivity contribution in [2.75, 3.05) is 23.7 Å². The molecule has 0 aromatic carbocycles. The summed E-state index contributed by atoms with van der Waals surface area (Å²) in [6.45, 7) is 4.81. The molecule has 0 saturated heterocycles. The molecule has 0 saturated carbocycles. The first-order chi connectivity index (χ1) is 13.1. The van der Waals surface area contributed by atoms with Gasteiger partial charge in [-0.05, 0) is 37.6 Å². The van der Waals surface area contributed by atoms with Crippen molar-refractivity contribution >= 4 is 23.4 Å². The van der Waals surface area contributed by atoms with Gasteiger partial charge in [0.2, 0.25) is 5.91 Å². The van der Waals surface area contributed by atoms with Crippen LogP contribution in [0.3, 0.4) is 0 Å². The van der Waals surface area contributed by atoms with E-state index in [9.17, 15) is 4.79 Å². The summed E-state index contributed by atoms with van der Waals surface area (Å²) in [6.07, 6.45) is 6.63. The molecule has 0 aliphatic rings. The number of nitrogens with one attached hydrogen (secondary N) is 3. The van der Waals surface area contributed by atoms with Gasteiger partial charge in [-0.3, -0.25) is 9.48 Å². The van der Waals surface area contributed by atoms with Crippen LogP contribution >= 0.6 is 0 Å². The lowest BCUT2D eigenvalue weighted by atomic mass is 10.3. The second kappa shape index (κ2) is 8.75. The van der Waals surface area contributed by atoms with Crippen molar-refractivity contribution < 1.29 is 4.79 Å². The zero-order valence-electron chi connectivity index (χ0n) is 15.3. The minimum Gasteiger partial charge on any atom is -0.368 e. The van der Waals surface area contributed by atoms with Crippen LogP contribution in [0.15, 0.2) is 49.2 Å². The Labute approximate surface area is 157 Å². The highest BCUT2D eigenvalue weighted by molar-refractivity contribution is 5.79. The van der Waals surface area contributed by atoms with Gasteiger partial charge in [-0.25, -0.2) is 15.0 Å². The van der Waals surface area contributed by atoms with Gasteiger partial charge >= 0.3 is 0 Å². The third-order valence-electron chi connectivity index (χ3n) is 3.87. The van der Waals surface area contributed by atoms with Crippen molar-refractivity contribution in [3.63, 3.8) is 0 Å². The van der Waals surface area contributed by atoms with Crippen molar-refractivity contribution in [2.45, 2.75) is 19.9 Å². The van der Waals surface area contributed by atoms with Gasteiger partial charge in [-0.15, -0.1) is 0 Å². The molecule has 0 bridgehead atoms. The van der Waals surface area contributed by atoms with Crippen LogP contribution in [-0.2, 0) is 4.79 Å². The van der Waals surface area contributed by atoms with Crippen LogP contribution in [0.1, 0.15) is 18.5 Å². The average Bonchev–Trinajstić information content (AvgIpc) is 3.19. The summed E-state index contributed by atoms with van der Waals surface area (Å²) in [5.41, 5.74) is 1.11. The van der Waals surface area contributed by atoms with Gasteiger partial charge in [-0.1, -0.05) is 0 Å². The molecule has 140 valence electrons. The first-order valence-corrected chi connectivity index (χ1v) is 8.64. The lowest BCUT2D eigenvalue weighted by Crippen LogP contribution is -2.34. The van der Waals surface area contributed by atoms with E-state index in [-0.39, 0.29) is 11.9 Å². The normalized spacial score (nSPS) is 11.6. The molecule has 1 unspecified atom stereocenters. The smallest absolute Gasteiger partial charge is 0.244 e. The Morgan fingerprint density at radius 1 is 1.11 bits per heavy atom. The standard InChI is InChI=1S/C18H22N8O/c1-13-4-6-19-16(10-13)25-17-11-15(22-12-23-17)20-7-8-21-18(27)14(2)26-9-3-5-24-26/h3-6,9-12,14H,7-8H2,1-2H3,(H,21,27)(H2,19,20,22,23,25). The minimum absolute atomic E-state index is 0.0870. The topological polar surface area (TPSA) is 110 Å². The maximum atomic E-state index is 12.1. The van der Waals surface area contributed by atoms with Crippen molar-refractivity contribution in [3.05, 3.63) is 54.7 Å². The summed E-state index contributed by atoms with van der Waals surface area (Å²) < 4.78 is 1.62. The minimum atomic E-state index is -0.350. The fraction of sp³-hybridized carbons (Fsp3) is 0.278. The van der Waals surface area contributed by atoms with E-state index in [0.29, 0.717) is 24.7 Å². The first-order valence-electron chi connectivity index (χ1n) is 8.64. The molecule has 0 aliphatic carbocycles. The molecular weight excluding hydrogens is 344 g/mol. The number of anilines is 3. The van der Waals surface area contributed by atoms with Gasteiger partial charge in [0.1, 0.15) is 29.8 Å².